The second kappa shape index (κ2) is 6.02. The molecule has 2 atom stereocenters. The number of nitrogens with zero attached hydrogens (tertiary/aromatic N) is 1. The third-order valence-electron chi connectivity index (χ3n) is 4.10. The van der Waals surface area contributed by atoms with E-state index in [0.29, 0.717) is 11.8 Å². The van der Waals surface area contributed by atoms with Crippen LogP contribution in [0.3, 0.4) is 0 Å². The molecule has 1 aliphatic rings. The topological polar surface area (TPSA) is 20.3 Å². The molecule has 2 heterocycles. The Balaban J connectivity index is 1.88. The normalized spacial score (nSPS) is 22.3. The zero-order valence-electron chi connectivity index (χ0n) is 12.6. The molecule has 2 nitrogen and oxygen atoms in total. The maximum absolute atomic E-state index is 12.9. The SMILES string of the molecule is CC1CC(C)CN(C(=O)c2sccc2-c2ccccc2)C1. The molecule has 3 rings (SSSR count). The average molecular weight is 299 g/mol. The maximum Gasteiger partial charge on any atom is 0.264 e. The van der Waals surface area contributed by atoms with Gasteiger partial charge in [0.2, 0.25) is 0 Å². The highest BCUT2D eigenvalue weighted by Crippen LogP contribution is 2.31. The van der Waals surface area contributed by atoms with Crippen molar-refractivity contribution in [3.8, 4) is 11.1 Å². The van der Waals surface area contributed by atoms with Crippen molar-refractivity contribution in [3.05, 3.63) is 46.7 Å². The van der Waals surface area contributed by atoms with Gasteiger partial charge in [0.15, 0.2) is 0 Å². The first-order valence-electron chi connectivity index (χ1n) is 7.57. The Hall–Kier alpha value is -1.61. The second-order valence-corrected chi connectivity index (χ2v) is 7.10. The number of amides is 1. The molecule has 1 aromatic carbocycles. The van der Waals surface area contributed by atoms with Crippen molar-refractivity contribution in [2.75, 3.05) is 13.1 Å². The van der Waals surface area contributed by atoms with Gasteiger partial charge in [-0.2, -0.15) is 0 Å². The summed E-state index contributed by atoms with van der Waals surface area (Å²) in [6, 6.07) is 12.2. The molecule has 1 aromatic heterocycles. The van der Waals surface area contributed by atoms with Crippen molar-refractivity contribution in [3.63, 3.8) is 0 Å². The highest BCUT2D eigenvalue weighted by atomic mass is 32.1. The van der Waals surface area contributed by atoms with E-state index in [9.17, 15) is 4.79 Å². The van der Waals surface area contributed by atoms with Crippen molar-refractivity contribution in [1.29, 1.82) is 0 Å². The van der Waals surface area contributed by atoms with E-state index >= 15 is 0 Å². The van der Waals surface area contributed by atoms with Crippen molar-refractivity contribution in [1.82, 2.24) is 4.90 Å². The van der Waals surface area contributed by atoms with Gasteiger partial charge in [-0.05, 0) is 35.3 Å². The lowest BCUT2D eigenvalue weighted by Crippen LogP contribution is -2.42. The molecule has 1 amide bonds. The van der Waals surface area contributed by atoms with Crippen LogP contribution in [0.2, 0.25) is 0 Å². The van der Waals surface area contributed by atoms with Gasteiger partial charge in [-0.15, -0.1) is 11.3 Å². The predicted molar refractivity (Wildman–Crippen MR) is 88.6 cm³/mol. The van der Waals surface area contributed by atoms with E-state index < -0.39 is 0 Å². The van der Waals surface area contributed by atoms with Crippen LogP contribution in [0.5, 0.6) is 0 Å². The van der Waals surface area contributed by atoms with E-state index in [4.69, 9.17) is 0 Å². The predicted octanol–water partition coefficient (Wildman–Crippen LogP) is 4.53. The van der Waals surface area contributed by atoms with E-state index in [1.165, 1.54) is 6.42 Å². The van der Waals surface area contributed by atoms with Gasteiger partial charge in [-0.3, -0.25) is 4.79 Å². The molecule has 2 unspecified atom stereocenters. The van der Waals surface area contributed by atoms with Crippen LogP contribution in [0.25, 0.3) is 11.1 Å². The molecular weight excluding hydrogens is 278 g/mol. The number of thiophene rings is 1. The number of carbonyl (C=O) groups excluding carboxylic acids is 1. The average Bonchev–Trinajstić information content (AvgIpc) is 2.95. The van der Waals surface area contributed by atoms with Crippen LogP contribution in [0.15, 0.2) is 41.8 Å². The molecule has 2 aromatic rings. The highest BCUT2D eigenvalue weighted by Gasteiger charge is 2.28. The third-order valence-corrected chi connectivity index (χ3v) is 5.00. The Morgan fingerprint density at radius 2 is 1.76 bits per heavy atom. The molecule has 0 bridgehead atoms. The highest BCUT2D eigenvalue weighted by molar-refractivity contribution is 7.12. The van der Waals surface area contributed by atoms with Crippen LogP contribution in [0.4, 0.5) is 0 Å². The number of hydrogen-bond acceptors (Lipinski definition) is 2. The molecule has 0 aliphatic carbocycles. The fourth-order valence-electron chi connectivity index (χ4n) is 3.29. The van der Waals surface area contributed by atoms with E-state index in [1.54, 1.807) is 11.3 Å². The minimum atomic E-state index is 0.197. The Morgan fingerprint density at radius 1 is 1.10 bits per heavy atom. The fourth-order valence-corrected chi connectivity index (χ4v) is 4.18. The summed E-state index contributed by atoms with van der Waals surface area (Å²) in [7, 11) is 0. The minimum Gasteiger partial charge on any atom is -0.337 e. The number of rotatable bonds is 2. The molecule has 21 heavy (non-hydrogen) atoms. The van der Waals surface area contributed by atoms with Crippen LogP contribution >= 0.6 is 11.3 Å². The molecule has 3 heteroatoms. The summed E-state index contributed by atoms with van der Waals surface area (Å²) in [6.07, 6.45) is 1.22. The van der Waals surface area contributed by atoms with E-state index in [1.807, 2.05) is 28.5 Å². The lowest BCUT2D eigenvalue weighted by Gasteiger charge is -2.35. The van der Waals surface area contributed by atoms with E-state index in [-0.39, 0.29) is 5.91 Å². The summed E-state index contributed by atoms with van der Waals surface area (Å²) < 4.78 is 0. The number of piperidine rings is 1. The molecule has 0 saturated carbocycles. The largest absolute Gasteiger partial charge is 0.337 e. The quantitative estimate of drug-likeness (QED) is 0.797. The second-order valence-electron chi connectivity index (χ2n) is 6.19. The fraction of sp³-hybridized carbons (Fsp3) is 0.389. The minimum absolute atomic E-state index is 0.197. The van der Waals surface area contributed by atoms with Crippen molar-refractivity contribution in [2.45, 2.75) is 20.3 Å². The molecule has 110 valence electrons. The Morgan fingerprint density at radius 3 is 2.43 bits per heavy atom. The molecular formula is C18H21NOS. The summed E-state index contributed by atoms with van der Waals surface area (Å²) in [5.74, 6) is 1.39. The molecule has 1 fully saturated rings. The molecule has 0 spiro atoms. The van der Waals surface area contributed by atoms with Crippen LogP contribution in [0, 0.1) is 11.8 Å². The lowest BCUT2D eigenvalue weighted by atomic mass is 9.91. The van der Waals surface area contributed by atoms with Gasteiger partial charge in [-0.25, -0.2) is 0 Å². The lowest BCUT2D eigenvalue weighted by molar-refractivity contribution is 0.0629. The van der Waals surface area contributed by atoms with E-state index in [2.05, 4.69) is 32.0 Å². The standard InChI is InChI=1S/C18H21NOS/c1-13-10-14(2)12-19(11-13)18(20)17-16(8-9-21-17)15-6-4-3-5-7-15/h3-9,13-14H,10-12H2,1-2H3. The number of likely N-dealkylation sites (tertiary alicyclic amines) is 1. The zero-order valence-corrected chi connectivity index (χ0v) is 13.4. The van der Waals surface area contributed by atoms with Gasteiger partial charge < -0.3 is 4.90 Å². The zero-order chi connectivity index (χ0) is 14.8. The monoisotopic (exact) mass is 299 g/mol. The van der Waals surface area contributed by atoms with Crippen molar-refractivity contribution in [2.24, 2.45) is 11.8 Å². The first kappa shape index (κ1) is 14.3. The number of benzene rings is 1. The van der Waals surface area contributed by atoms with Gasteiger partial charge in [0.1, 0.15) is 0 Å². The van der Waals surface area contributed by atoms with Crippen LogP contribution in [0.1, 0.15) is 29.9 Å². The van der Waals surface area contributed by atoms with Gasteiger partial charge in [0.05, 0.1) is 4.88 Å². The Bertz CT molecular complexity index is 609. The Labute approximate surface area is 130 Å². The van der Waals surface area contributed by atoms with Crippen LogP contribution in [-0.4, -0.2) is 23.9 Å². The van der Waals surface area contributed by atoms with Gasteiger partial charge >= 0.3 is 0 Å². The van der Waals surface area contributed by atoms with Gasteiger partial charge in [-0.1, -0.05) is 44.2 Å². The van der Waals surface area contributed by atoms with E-state index in [0.717, 1.165) is 29.1 Å². The first-order valence-corrected chi connectivity index (χ1v) is 8.45. The molecule has 0 radical (unpaired) electrons. The first-order chi connectivity index (χ1) is 10.1. The third kappa shape index (κ3) is 3.03. The number of carbonyl (C=O) groups is 1. The van der Waals surface area contributed by atoms with Gasteiger partial charge in [0, 0.05) is 18.7 Å². The molecule has 0 N–H and O–H groups in total. The van der Waals surface area contributed by atoms with Crippen LogP contribution < -0.4 is 0 Å². The summed E-state index contributed by atoms with van der Waals surface area (Å²) in [5.41, 5.74) is 2.19. The summed E-state index contributed by atoms with van der Waals surface area (Å²) in [4.78, 5) is 15.8. The molecule has 1 aliphatic heterocycles. The van der Waals surface area contributed by atoms with Crippen LogP contribution in [-0.2, 0) is 0 Å². The summed E-state index contributed by atoms with van der Waals surface area (Å²) in [5, 5.41) is 2.02. The summed E-state index contributed by atoms with van der Waals surface area (Å²) in [6.45, 7) is 6.25. The van der Waals surface area contributed by atoms with Crippen molar-refractivity contribution < 1.29 is 4.79 Å². The summed E-state index contributed by atoms with van der Waals surface area (Å²) >= 11 is 1.56. The Kier molecular flexibility index (Phi) is 4.11. The van der Waals surface area contributed by atoms with Gasteiger partial charge in [0.25, 0.3) is 5.91 Å². The molecule has 1 saturated heterocycles. The number of hydrogen-bond donors (Lipinski definition) is 0. The van der Waals surface area contributed by atoms with Crippen molar-refractivity contribution >= 4 is 17.2 Å². The smallest absolute Gasteiger partial charge is 0.264 e. The maximum atomic E-state index is 12.9.